The van der Waals surface area contributed by atoms with Crippen molar-refractivity contribution >= 4 is 39.1 Å². The van der Waals surface area contributed by atoms with Crippen LogP contribution in [0.15, 0.2) is 5.16 Å². The third-order valence-corrected chi connectivity index (χ3v) is 6.55. The third kappa shape index (κ3) is 3.86. The lowest BCUT2D eigenvalue weighted by atomic mass is 9.97. The van der Waals surface area contributed by atoms with Crippen LogP contribution in [0.5, 0.6) is 0 Å². The molecule has 24 heavy (non-hydrogen) atoms. The van der Waals surface area contributed by atoms with E-state index in [-0.39, 0.29) is 0 Å². The number of thiophene rings is 1. The topological polar surface area (TPSA) is 41.0 Å². The van der Waals surface area contributed by atoms with Crippen molar-refractivity contribution in [3.8, 4) is 0 Å². The van der Waals surface area contributed by atoms with E-state index in [1.165, 1.54) is 46.3 Å². The molecule has 1 N–H and O–H groups in total. The lowest BCUT2D eigenvalue weighted by molar-refractivity contribution is 0.303. The largest absolute Gasteiger partial charge is 0.369 e. The zero-order valence-corrected chi connectivity index (χ0v) is 16.7. The van der Waals surface area contributed by atoms with E-state index in [1.54, 1.807) is 11.8 Å². The number of thioether (sulfide) groups is 1. The van der Waals surface area contributed by atoms with Crippen molar-refractivity contribution in [2.24, 2.45) is 0 Å². The molecule has 6 heteroatoms. The fourth-order valence-electron chi connectivity index (χ4n) is 3.41. The number of rotatable bonds is 8. The molecular formula is C18H28N4S2. The smallest absolute Gasteiger partial charge is 0.190 e. The SMILES string of the molecule is CCN(CC)CCCNc1nc(SC)nc2sc3c(c12)CCCC3. The van der Waals surface area contributed by atoms with Crippen molar-refractivity contribution in [2.45, 2.75) is 51.1 Å². The minimum absolute atomic E-state index is 0.882. The van der Waals surface area contributed by atoms with E-state index in [0.29, 0.717) is 0 Å². The molecule has 0 atom stereocenters. The number of fused-ring (bicyclic) bond motifs is 3. The summed E-state index contributed by atoms with van der Waals surface area (Å²) in [6, 6.07) is 0. The average molecular weight is 365 g/mol. The Morgan fingerprint density at radius 3 is 2.71 bits per heavy atom. The number of nitrogens with one attached hydrogen (secondary N) is 1. The van der Waals surface area contributed by atoms with Crippen LogP contribution in [-0.4, -0.2) is 47.3 Å². The van der Waals surface area contributed by atoms with Crippen molar-refractivity contribution in [3.63, 3.8) is 0 Å². The van der Waals surface area contributed by atoms with Crippen LogP contribution in [0.25, 0.3) is 10.2 Å². The van der Waals surface area contributed by atoms with Crippen LogP contribution >= 0.6 is 23.1 Å². The third-order valence-electron chi connectivity index (χ3n) is 4.81. The standard InChI is InChI=1S/C18H28N4S2/c1-4-22(5-2)12-8-11-19-16-15-13-9-6-7-10-14(13)24-17(15)21-18(20-16)23-3/h4-12H2,1-3H3,(H,19,20,21). The molecule has 0 bridgehead atoms. The van der Waals surface area contributed by atoms with Crippen LogP contribution in [0.2, 0.25) is 0 Å². The van der Waals surface area contributed by atoms with Crippen LogP contribution < -0.4 is 5.32 Å². The van der Waals surface area contributed by atoms with Crippen LogP contribution in [0.4, 0.5) is 5.82 Å². The van der Waals surface area contributed by atoms with Crippen molar-refractivity contribution < 1.29 is 0 Å². The predicted molar refractivity (Wildman–Crippen MR) is 107 cm³/mol. The predicted octanol–water partition coefficient (Wildman–Crippen LogP) is 4.44. The lowest BCUT2D eigenvalue weighted by Gasteiger charge is -2.18. The Hall–Kier alpha value is -0.850. The first-order chi connectivity index (χ1) is 11.8. The molecule has 0 amide bonds. The molecule has 1 aliphatic carbocycles. The van der Waals surface area contributed by atoms with E-state index in [9.17, 15) is 0 Å². The van der Waals surface area contributed by atoms with Crippen molar-refractivity contribution in [1.29, 1.82) is 0 Å². The monoisotopic (exact) mass is 364 g/mol. The van der Waals surface area contributed by atoms with Crippen LogP contribution in [0.3, 0.4) is 0 Å². The highest BCUT2D eigenvalue weighted by Gasteiger charge is 2.20. The molecule has 0 fully saturated rings. The lowest BCUT2D eigenvalue weighted by Crippen LogP contribution is -2.25. The average Bonchev–Trinajstić information content (AvgIpc) is 3.00. The van der Waals surface area contributed by atoms with Crippen LogP contribution in [0, 0.1) is 0 Å². The molecule has 2 heterocycles. The van der Waals surface area contributed by atoms with E-state index >= 15 is 0 Å². The first-order valence-corrected chi connectivity index (χ1v) is 11.1. The summed E-state index contributed by atoms with van der Waals surface area (Å²) in [5.74, 6) is 1.06. The molecule has 0 saturated heterocycles. The maximum atomic E-state index is 4.79. The van der Waals surface area contributed by atoms with Gasteiger partial charge in [0.05, 0.1) is 5.39 Å². The Labute approximate surface area is 153 Å². The molecule has 0 unspecified atom stereocenters. The normalized spacial score (nSPS) is 14.3. The second-order valence-corrected chi connectivity index (χ2v) is 8.11. The summed E-state index contributed by atoms with van der Waals surface area (Å²) in [6.07, 6.45) is 8.21. The van der Waals surface area contributed by atoms with Gasteiger partial charge in [-0.05, 0) is 63.6 Å². The summed E-state index contributed by atoms with van der Waals surface area (Å²) >= 11 is 3.51. The second-order valence-electron chi connectivity index (χ2n) is 6.26. The molecular weight excluding hydrogens is 336 g/mol. The molecule has 4 nitrogen and oxygen atoms in total. The fourth-order valence-corrected chi connectivity index (χ4v) is 5.09. The summed E-state index contributed by atoms with van der Waals surface area (Å²) in [5, 5.41) is 5.80. The number of aromatic nitrogens is 2. The highest BCUT2D eigenvalue weighted by molar-refractivity contribution is 7.98. The number of aryl methyl sites for hydroxylation is 2. The number of nitrogens with zero attached hydrogens (tertiary/aromatic N) is 3. The highest BCUT2D eigenvalue weighted by Crippen LogP contribution is 2.39. The van der Waals surface area contributed by atoms with Crippen LogP contribution in [0.1, 0.15) is 43.6 Å². The van der Waals surface area contributed by atoms with Crippen molar-refractivity contribution in [1.82, 2.24) is 14.9 Å². The van der Waals surface area contributed by atoms with Gasteiger partial charge in [0, 0.05) is 11.4 Å². The first-order valence-electron chi connectivity index (χ1n) is 9.09. The minimum Gasteiger partial charge on any atom is -0.369 e. The first kappa shape index (κ1) is 18.0. The van der Waals surface area contributed by atoms with E-state index in [0.717, 1.165) is 43.6 Å². The van der Waals surface area contributed by atoms with E-state index in [1.807, 2.05) is 11.3 Å². The Balaban J connectivity index is 1.79. The maximum absolute atomic E-state index is 4.79. The van der Waals surface area contributed by atoms with Crippen molar-refractivity contribution in [3.05, 3.63) is 10.4 Å². The van der Waals surface area contributed by atoms with Gasteiger partial charge in [-0.25, -0.2) is 9.97 Å². The van der Waals surface area contributed by atoms with Gasteiger partial charge in [0.2, 0.25) is 0 Å². The van der Waals surface area contributed by atoms with Gasteiger partial charge in [-0.1, -0.05) is 25.6 Å². The van der Waals surface area contributed by atoms with Gasteiger partial charge in [-0.2, -0.15) is 0 Å². The minimum atomic E-state index is 0.882. The number of hydrogen-bond donors (Lipinski definition) is 1. The number of hydrogen-bond acceptors (Lipinski definition) is 6. The summed E-state index contributed by atoms with van der Waals surface area (Å²) in [5.41, 5.74) is 1.51. The van der Waals surface area contributed by atoms with Gasteiger partial charge >= 0.3 is 0 Å². The van der Waals surface area contributed by atoms with Gasteiger partial charge in [0.1, 0.15) is 10.6 Å². The quantitative estimate of drug-likeness (QED) is 0.426. The zero-order chi connectivity index (χ0) is 16.9. The molecule has 0 aromatic carbocycles. The fraction of sp³-hybridized carbons (Fsp3) is 0.667. The molecule has 0 saturated carbocycles. The molecule has 0 radical (unpaired) electrons. The van der Waals surface area contributed by atoms with Gasteiger partial charge in [-0.3, -0.25) is 0 Å². The molecule has 2 aromatic rings. The highest BCUT2D eigenvalue weighted by atomic mass is 32.2. The van der Waals surface area contributed by atoms with E-state index < -0.39 is 0 Å². The molecule has 3 rings (SSSR count). The Bertz CT molecular complexity index is 679. The van der Waals surface area contributed by atoms with E-state index in [4.69, 9.17) is 9.97 Å². The molecule has 132 valence electrons. The Kier molecular flexibility index (Phi) is 6.36. The second kappa shape index (κ2) is 8.50. The van der Waals surface area contributed by atoms with Gasteiger partial charge in [0.25, 0.3) is 0 Å². The Morgan fingerprint density at radius 1 is 1.17 bits per heavy atom. The summed E-state index contributed by atoms with van der Waals surface area (Å²) < 4.78 is 0. The molecule has 0 aliphatic heterocycles. The summed E-state index contributed by atoms with van der Waals surface area (Å²) in [7, 11) is 0. The summed E-state index contributed by atoms with van der Waals surface area (Å²) in [6.45, 7) is 8.83. The molecule has 1 aliphatic rings. The Morgan fingerprint density at radius 2 is 1.96 bits per heavy atom. The summed E-state index contributed by atoms with van der Waals surface area (Å²) in [4.78, 5) is 14.7. The van der Waals surface area contributed by atoms with Gasteiger partial charge in [0.15, 0.2) is 5.16 Å². The van der Waals surface area contributed by atoms with E-state index in [2.05, 4.69) is 30.3 Å². The zero-order valence-electron chi connectivity index (χ0n) is 15.0. The van der Waals surface area contributed by atoms with Crippen molar-refractivity contribution in [2.75, 3.05) is 37.8 Å². The van der Waals surface area contributed by atoms with Crippen LogP contribution in [-0.2, 0) is 12.8 Å². The molecule has 2 aromatic heterocycles. The molecule has 0 spiro atoms. The number of anilines is 1. The van der Waals surface area contributed by atoms with Gasteiger partial charge in [-0.15, -0.1) is 11.3 Å². The van der Waals surface area contributed by atoms with Gasteiger partial charge < -0.3 is 10.2 Å². The maximum Gasteiger partial charge on any atom is 0.190 e.